The molecule has 120 valence electrons. The fourth-order valence-corrected chi connectivity index (χ4v) is 3.18. The summed E-state index contributed by atoms with van der Waals surface area (Å²) in [6.07, 6.45) is 1.58. The predicted molar refractivity (Wildman–Crippen MR) is 85.4 cm³/mol. The van der Waals surface area contributed by atoms with Crippen LogP contribution < -0.4 is 5.32 Å². The molecular weight excluding hydrogens is 327 g/mol. The zero-order chi connectivity index (χ0) is 15.6. The Morgan fingerprint density at radius 1 is 1.23 bits per heavy atom. The Morgan fingerprint density at radius 3 is 2.59 bits per heavy atom. The van der Waals surface area contributed by atoms with Crippen LogP contribution in [0.5, 0.6) is 0 Å². The van der Waals surface area contributed by atoms with Gasteiger partial charge in [-0.2, -0.15) is 0 Å². The highest BCUT2D eigenvalue weighted by Crippen LogP contribution is 2.32. The predicted octanol–water partition coefficient (Wildman–Crippen LogP) is 2.77. The first-order valence-electron chi connectivity index (χ1n) is 7.32. The van der Waals surface area contributed by atoms with E-state index in [9.17, 15) is 4.79 Å². The summed E-state index contributed by atoms with van der Waals surface area (Å²) in [6, 6.07) is 5.17. The van der Waals surface area contributed by atoms with Gasteiger partial charge in [0.15, 0.2) is 5.79 Å². The lowest BCUT2D eigenvalue weighted by atomic mass is 10.0. The Morgan fingerprint density at radius 2 is 1.91 bits per heavy atom. The third kappa shape index (κ3) is 3.55. The second-order valence-corrected chi connectivity index (χ2v) is 6.32. The Labute approximate surface area is 139 Å². The quantitative estimate of drug-likeness (QED) is 0.915. The molecule has 0 unspecified atom stereocenters. The molecule has 1 aromatic carbocycles. The second-order valence-electron chi connectivity index (χ2n) is 5.53. The molecule has 1 N–H and O–H groups in total. The topological polar surface area (TPSA) is 50.8 Å². The molecule has 1 amide bonds. The number of carbonyl (C=O) groups is 1. The number of hydrogen-bond donors (Lipinski definition) is 1. The third-order valence-electron chi connectivity index (χ3n) is 4.02. The van der Waals surface area contributed by atoms with Crippen molar-refractivity contribution in [3.05, 3.63) is 28.2 Å². The van der Waals surface area contributed by atoms with Crippen LogP contribution in [0.4, 0.5) is 5.69 Å². The van der Waals surface area contributed by atoms with Gasteiger partial charge in [-0.25, -0.2) is 0 Å². The first-order valence-corrected chi connectivity index (χ1v) is 8.08. The molecule has 2 saturated heterocycles. The van der Waals surface area contributed by atoms with Crippen LogP contribution in [-0.2, 0) is 14.3 Å². The third-order valence-corrected chi connectivity index (χ3v) is 4.84. The van der Waals surface area contributed by atoms with Crippen LogP contribution >= 0.6 is 23.2 Å². The molecular formula is C15H18Cl2N2O3. The molecule has 2 fully saturated rings. The number of halogens is 2. The molecule has 1 aromatic rings. The van der Waals surface area contributed by atoms with Crippen LogP contribution in [0, 0.1) is 0 Å². The maximum absolute atomic E-state index is 12.1. The van der Waals surface area contributed by atoms with Crippen molar-refractivity contribution in [2.75, 3.05) is 38.2 Å². The van der Waals surface area contributed by atoms with Crippen LogP contribution in [0.15, 0.2) is 18.2 Å². The van der Waals surface area contributed by atoms with Crippen molar-refractivity contribution in [1.29, 1.82) is 0 Å². The first kappa shape index (κ1) is 16.0. The number of piperidine rings is 1. The van der Waals surface area contributed by atoms with Gasteiger partial charge in [-0.1, -0.05) is 29.3 Å². The van der Waals surface area contributed by atoms with Gasteiger partial charge < -0.3 is 14.8 Å². The summed E-state index contributed by atoms with van der Waals surface area (Å²) in [5, 5.41) is 3.59. The van der Waals surface area contributed by atoms with E-state index in [1.54, 1.807) is 18.2 Å². The lowest BCUT2D eigenvalue weighted by Gasteiger charge is -2.37. The number of ether oxygens (including phenoxy) is 2. The van der Waals surface area contributed by atoms with Crippen molar-refractivity contribution in [3.8, 4) is 0 Å². The van der Waals surface area contributed by atoms with Gasteiger partial charge in [-0.3, -0.25) is 9.69 Å². The van der Waals surface area contributed by atoms with E-state index in [1.165, 1.54) is 0 Å². The monoisotopic (exact) mass is 344 g/mol. The molecule has 0 aromatic heterocycles. The zero-order valence-corrected chi connectivity index (χ0v) is 13.6. The number of likely N-dealkylation sites (tertiary alicyclic amines) is 1. The highest BCUT2D eigenvalue weighted by atomic mass is 35.5. The molecule has 1 spiro atoms. The molecule has 7 heteroatoms. The fourth-order valence-electron chi connectivity index (χ4n) is 2.83. The molecule has 0 radical (unpaired) electrons. The average Bonchev–Trinajstić information content (AvgIpc) is 2.95. The Kier molecular flexibility index (Phi) is 4.90. The van der Waals surface area contributed by atoms with E-state index in [-0.39, 0.29) is 5.91 Å². The van der Waals surface area contributed by atoms with E-state index in [0.717, 1.165) is 25.9 Å². The Bertz CT molecular complexity index is 552. The van der Waals surface area contributed by atoms with Crippen molar-refractivity contribution in [2.45, 2.75) is 18.6 Å². The smallest absolute Gasteiger partial charge is 0.238 e. The van der Waals surface area contributed by atoms with Gasteiger partial charge in [0, 0.05) is 25.9 Å². The SMILES string of the molecule is O=C(CN1CCC2(CC1)OCCO2)Nc1cccc(Cl)c1Cl. The summed E-state index contributed by atoms with van der Waals surface area (Å²) in [6.45, 7) is 3.19. The van der Waals surface area contributed by atoms with E-state index in [2.05, 4.69) is 10.2 Å². The van der Waals surface area contributed by atoms with Gasteiger partial charge in [0.25, 0.3) is 0 Å². The molecule has 0 aliphatic carbocycles. The van der Waals surface area contributed by atoms with E-state index in [4.69, 9.17) is 32.7 Å². The first-order chi connectivity index (χ1) is 10.6. The highest BCUT2D eigenvalue weighted by molar-refractivity contribution is 6.43. The van der Waals surface area contributed by atoms with Crippen LogP contribution in [0.3, 0.4) is 0 Å². The van der Waals surface area contributed by atoms with Crippen molar-refractivity contribution in [3.63, 3.8) is 0 Å². The number of hydrogen-bond acceptors (Lipinski definition) is 4. The molecule has 2 aliphatic rings. The largest absolute Gasteiger partial charge is 0.347 e. The molecule has 2 aliphatic heterocycles. The molecule has 5 nitrogen and oxygen atoms in total. The maximum atomic E-state index is 12.1. The Hall–Kier alpha value is -0.850. The summed E-state index contributed by atoms with van der Waals surface area (Å²) in [4.78, 5) is 14.2. The van der Waals surface area contributed by atoms with Crippen LogP contribution in [-0.4, -0.2) is 49.4 Å². The summed E-state index contributed by atoms with van der Waals surface area (Å²) in [5.74, 6) is -0.517. The van der Waals surface area contributed by atoms with Gasteiger partial charge in [0.05, 0.1) is 35.5 Å². The minimum atomic E-state index is -0.413. The number of amides is 1. The van der Waals surface area contributed by atoms with Crippen molar-refractivity contribution >= 4 is 34.8 Å². The molecule has 2 heterocycles. The summed E-state index contributed by atoms with van der Waals surface area (Å²) in [5.41, 5.74) is 0.537. The van der Waals surface area contributed by atoms with Crippen molar-refractivity contribution < 1.29 is 14.3 Å². The standard InChI is InChI=1S/C15H18Cl2N2O3/c16-11-2-1-3-12(14(11)17)18-13(20)10-19-6-4-15(5-7-19)21-8-9-22-15/h1-3H,4-10H2,(H,18,20). The van der Waals surface area contributed by atoms with Gasteiger partial charge in [0.2, 0.25) is 5.91 Å². The molecule has 0 saturated carbocycles. The highest BCUT2D eigenvalue weighted by Gasteiger charge is 2.39. The number of rotatable bonds is 3. The zero-order valence-electron chi connectivity index (χ0n) is 12.1. The van der Waals surface area contributed by atoms with Gasteiger partial charge in [0.1, 0.15) is 0 Å². The summed E-state index contributed by atoms with van der Waals surface area (Å²) in [7, 11) is 0. The van der Waals surface area contributed by atoms with Crippen LogP contribution in [0.2, 0.25) is 10.0 Å². The number of nitrogens with one attached hydrogen (secondary N) is 1. The lowest BCUT2D eigenvalue weighted by Crippen LogP contribution is -2.47. The average molecular weight is 345 g/mol. The van der Waals surface area contributed by atoms with E-state index < -0.39 is 5.79 Å². The van der Waals surface area contributed by atoms with Gasteiger partial charge in [-0.15, -0.1) is 0 Å². The molecule has 3 rings (SSSR count). The van der Waals surface area contributed by atoms with Crippen LogP contribution in [0.1, 0.15) is 12.8 Å². The second kappa shape index (κ2) is 6.72. The van der Waals surface area contributed by atoms with Crippen LogP contribution in [0.25, 0.3) is 0 Å². The van der Waals surface area contributed by atoms with Crippen molar-refractivity contribution in [2.24, 2.45) is 0 Å². The van der Waals surface area contributed by atoms with Crippen molar-refractivity contribution in [1.82, 2.24) is 4.90 Å². The minimum absolute atomic E-state index is 0.103. The number of carbonyl (C=O) groups excluding carboxylic acids is 1. The van der Waals surface area contributed by atoms with E-state index >= 15 is 0 Å². The maximum Gasteiger partial charge on any atom is 0.238 e. The van der Waals surface area contributed by atoms with E-state index in [0.29, 0.717) is 35.5 Å². The normalized spacial score (nSPS) is 21.2. The molecule has 0 atom stereocenters. The fraction of sp³-hybridized carbons (Fsp3) is 0.533. The van der Waals surface area contributed by atoms with Gasteiger partial charge in [-0.05, 0) is 12.1 Å². The lowest BCUT2D eigenvalue weighted by molar-refractivity contribution is -0.185. The Balaban J connectivity index is 1.51. The van der Waals surface area contributed by atoms with E-state index in [1.807, 2.05) is 0 Å². The number of benzene rings is 1. The number of anilines is 1. The minimum Gasteiger partial charge on any atom is -0.347 e. The molecule has 0 bridgehead atoms. The number of nitrogens with zero attached hydrogens (tertiary/aromatic N) is 1. The summed E-state index contributed by atoms with van der Waals surface area (Å²) >= 11 is 12.0. The van der Waals surface area contributed by atoms with Gasteiger partial charge >= 0.3 is 0 Å². The summed E-state index contributed by atoms with van der Waals surface area (Å²) < 4.78 is 11.4. The molecule has 22 heavy (non-hydrogen) atoms.